The van der Waals surface area contributed by atoms with Crippen LogP contribution in [0, 0.1) is 0 Å². The van der Waals surface area contributed by atoms with Gasteiger partial charge in [0.05, 0.1) is 30.3 Å². The van der Waals surface area contributed by atoms with Gasteiger partial charge in [-0.25, -0.2) is 8.42 Å². The lowest BCUT2D eigenvalue weighted by molar-refractivity contribution is 0.202. The lowest BCUT2D eigenvalue weighted by atomic mass is 10.1. The largest absolute Gasteiger partial charge is 0.492 e. The van der Waals surface area contributed by atoms with Crippen molar-refractivity contribution in [1.82, 2.24) is 0 Å². The highest BCUT2D eigenvalue weighted by atomic mass is 32.2. The van der Waals surface area contributed by atoms with Crippen LogP contribution in [0.15, 0.2) is 12.1 Å². The second kappa shape index (κ2) is 6.53. The Morgan fingerprint density at radius 2 is 1.57 bits per heavy atom. The molecule has 0 amide bonds. The molecule has 0 aliphatic heterocycles. The summed E-state index contributed by atoms with van der Waals surface area (Å²) in [5, 5.41) is 10.2. The minimum atomic E-state index is -3.26. The summed E-state index contributed by atoms with van der Waals surface area (Å²) in [6.07, 6.45) is 0.0442. The normalized spacial score (nSPS) is 12.9. The van der Waals surface area contributed by atoms with Gasteiger partial charge in [-0.3, -0.25) is 0 Å². The van der Waals surface area contributed by atoms with Crippen molar-refractivity contribution in [3.05, 3.63) is 17.7 Å². The van der Waals surface area contributed by atoms with Crippen LogP contribution in [0.3, 0.4) is 0 Å². The molecule has 1 rings (SSSR count). The lowest BCUT2D eigenvalue weighted by Crippen LogP contribution is -2.18. The van der Waals surface area contributed by atoms with Crippen molar-refractivity contribution < 1.29 is 18.3 Å². The summed E-state index contributed by atoms with van der Waals surface area (Å²) in [7, 11) is 5.78. The van der Waals surface area contributed by atoms with Crippen LogP contribution in [0.25, 0.3) is 0 Å². The van der Waals surface area contributed by atoms with Gasteiger partial charge in [-0.2, -0.15) is 0 Å². The maximum atomic E-state index is 11.4. The zero-order valence-corrected chi connectivity index (χ0v) is 14.2. The van der Waals surface area contributed by atoms with Crippen molar-refractivity contribution in [3.8, 4) is 5.75 Å². The molecule has 0 radical (unpaired) electrons. The average Bonchev–Trinajstić information content (AvgIpc) is 2.34. The third-order valence-electron chi connectivity index (χ3n) is 3.09. The summed E-state index contributed by atoms with van der Waals surface area (Å²) in [5.74, 6) is 0.374. The molecule has 7 heteroatoms. The summed E-state index contributed by atoms with van der Waals surface area (Å²) in [4.78, 5) is 3.73. The molecule has 0 aliphatic carbocycles. The molecule has 0 aliphatic rings. The number of hydrogen-bond donors (Lipinski definition) is 1. The molecule has 0 heterocycles. The molecule has 0 spiro atoms. The Labute approximate surface area is 126 Å². The third-order valence-corrected chi connectivity index (χ3v) is 4.01. The molecular formula is C14H24N2O4S. The van der Waals surface area contributed by atoms with Gasteiger partial charge in [-0.1, -0.05) is 0 Å². The van der Waals surface area contributed by atoms with Crippen molar-refractivity contribution in [2.75, 3.05) is 57.1 Å². The molecule has 1 unspecified atom stereocenters. The summed E-state index contributed by atoms with van der Waals surface area (Å²) in [6.45, 7) is 0. The van der Waals surface area contributed by atoms with Gasteiger partial charge >= 0.3 is 0 Å². The zero-order chi connectivity index (χ0) is 16.4. The lowest BCUT2D eigenvalue weighted by Gasteiger charge is -2.25. The van der Waals surface area contributed by atoms with E-state index in [-0.39, 0.29) is 5.75 Å². The van der Waals surface area contributed by atoms with Crippen LogP contribution in [0.2, 0.25) is 0 Å². The van der Waals surface area contributed by atoms with Gasteiger partial charge in [-0.15, -0.1) is 0 Å². The second-order valence-electron chi connectivity index (χ2n) is 5.49. The van der Waals surface area contributed by atoms with Crippen LogP contribution in [0.4, 0.5) is 11.4 Å². The first kappa shape index (κ1) is 17.6. The monoisotopic (exact) mass is 316 g/mol. The number of ether oxygens (including phenoxy) is 1. The molecule has 1 aromatic rings. The van der Waals surface area contributed by atoms with Gasteiger partial charge in [-0.05, 0) is 17.7 Å². The number of methoxy groups -OCH3 is 1. The molecule has 0 fully saturated rings. The highest BCUT2D eigenvalue weighted by molar-refractivity contribution is 7.90. The van der Waals surface area contributed by atoms with Crippen molar-refractivity contribution in [2.24, 2.45) is 0 Å². The van der Waals surface area contributed by atoms with Gasteiger partial charge in [0.2, 0.25) is 0 Å². The van der Waals surface area contributed by atoms with E-state index in [9.17, 15) is 13.5 Å². The number of aliphatic hydroxyl groups is 1. The highest BCUT2D eigenvalue weighted by Gasteiger charge is 2.20. The number of anilines is 2. The summed E-state index contributed by atoms with van der Waals surface area (Å²) >= 11 is 0. The minimum Gasteiger partial charge on any atom is -0.492 e. The van der Waals surface area contributed by atoms with Gasteiger partial charge in [0.1, 0.15) is 9.84 Å². The number of aliphatic hydroxyl groups excluding tert-OH is 1. The van der Waals surface area contributed by atoms with Crippen LogP contribution in [0.5, 0.6) is 5.75 Å². The van der Waals surface area contributed by atoms with Gasteiger partial charge < -0.3 is 19.6 Å². The number of hydrogen-bond acceptors (Lipinski definition) is 6. The van der Waals surface area contributed by atoms with Gasteiger partial charge in [0, 0.05) is 34.4 Å². The number of sulfone groups is 1. The maximum Gasteiger partial charge on any atom is 0.165 e. The Kier molecular flexibility index (Phi) is 5.47. The Balaban J connectivity index is 3.41. The Morgan fingerprint density at radius 3 is 1.86 bits per heavy atom. The average molecular weight is 316 g/mol. The fourth-order valence-electron chi connectivity index (χ4n) is 2.07. The molecule has 21 heavy (non-hydrogen) atoms. The van der Waals surface area contributed by atoms with E-state index in [1.165, 1.54) is 0 Å². The molecule has 1 atom stereocenters. The van der Waals surface area contributed by atoms with Crippen LogP contribution in [-0.4, -0.2) is 60.8 Å². The van der Waals surface area contributed by atoms with Crippen LogP contribution in [-0.2, 0) is 9.84 Å². The van der Waals surface area contributed by atoms with E-state index in [0.717, 1.165) is 17.6 Å². The molecule has 0 aromatic heterocycles. The van der Waals surface area contributed by atoms with Crippen molar-refractivity contribution in [1.29, 1.82) is 0 Å². The molecule has 6 nitrogen and oxygen atoms in total. The zero-order valence-electron chi connectivity index (χ0n) is 13.4. The molecule has 120 valence electrons. The Morgan fingerprint density at radius 1 is 1.14 bits per heavy atom. The van der Waals surface area contributed by atoms with Crippen molar-refractivity contribution in [2.45, 2.75) is 6.10 Å². The topological polar surface area (TPSA) is 70.1 Å². The fraction of sp³-hybridized carbons (Fsp3) is 0.571. The summed E-state index contributed by atoms with van der Waals surface area (Å²) < 4.78 is 28.2. The smallest absolute Gasteiger partial charge is 0.165 e. The van der Waals surface area contributed by atoms with E-state index in [2.05, 4.69) is 0 Å². The maximum absolute atomic E-state index is 11.4. The first-order valence-electron chi connectivity index (χ1n) is 6.49. The predicted molar refractivity (Wildman–Crippen MR) is 86.3 cm³/mol. The fourth-order valence-corrected chi connectivity index (χ4v) is 2.83. The summed E-state index contributed by atoms with van der Waals surface area (Å²) in [5.41, 5.74) is 2.12. The third kappa shape index (κ3) is 4.50. The number of nitrogens with zero attached hydrogens (tertiary/aromatic N) is 2. The Hall–Kier alpha value is -1.47. The van der Waals surface area contributed by atoms with E-state index < -0.39 is 15.9 Å². The molecule has 0 saturated heterocycles. The second-order valence-corrected chi connectivity index (χ2v) is 7.67. The van der Waals surface area contributed by atoms with E-state index in [0.29, 0.717) is 11.3 Å². The van der Waals surface area contributed by atoms with Crippen LogP contribution < -0.4 is 14.5 Å². The van der Waals surface area contributed by atoms with Gasteiger partial charge in [0.15, 0.2) is 5.75 Å². The standard InChI is InChI=1S/C14H24N2O4S/c1-15(2)11-7-10(13(17)9-21(6,18)19)8-12(16(3)4)14(11)20-5/h7-8,13,17H,9H2,1-6H3. The predicted octanol–water partition coefficient (Wildman–Crippen LogP) is 0.905. The highest BCUT2D eigenvalue weighted by Crippen LogP contribution is 2.39. The van der Waals surface area contributed by atoms with Crippen molar-refractivity contribution >= 4 is 21.2 Å². The molecule has 1 aromatic carbocycles. The van der Waals surface area contributed by atoms with E-state index in [4.69, 9.17) is 4.74 Å². The molecule has 0 bridgehead atoms. The SMILES string of the molecule is COc1c(N(C)C)cc(C(O)CS(C)(=O)=O)cc1N(C)C. The number of rotatable bonds is 6. The first-order valence-corrected chi connectivity index (χ1v) is 8.55. The van der Waals surface area contributed by atoms with E-state index in [1.54, 1.807) is 19.2 Å². The quantitative estimate of drug-likeness (QED) is 0.841. The number of benzene rings is 1. The molecule has 1 N–H and O–H groups in total. The first-order chi connectivity index (χ1) is 9.56. The van der Waals surface area contributed by atoms with E-state index in [1.807, 2.05) is 38.0 Å². The van der Waals surface area contributed by atoms with Gasteiger partial charge in [0.25, 0.3) is 0 Å². The molecule has 0 saturated carbocycles. The van der Waals surface area contributed by atoms with Crippen LogP contribution >= 0.6 is 0 Å². The van der Waals surface area contributed by atoms with E-state index >= 15 is 0 Å². The molecular weight excluding hydrogens is 292 g/mol. The Bertz CT molecular complexity index is 568. The van der Waals surface area contributed by atoms with Crippen molar-refractivity contribution in [3.63, 3.8) is 0 Å². The minimum absolute atomic E-state index is 0.306. The summed E-state index contributed by atoms with van der Waals surface area (Å²) in [6, 6.07) is 3.50. The van der Waals surface area contributed by atoms with Crippen LogP contribution in [0.1, 0.15) is 11.7 Å².